The van der Waals surface area contributed by atoms with E-state index in [1.165, 1.54) is 6.42 Å². The topological polar surface area (TPSA) is 25.2 Å². The average Bonchev–Trinajstić information content (AvgIpc) is 2.68. The molecule has 1 aliphatic rings. The molecule has 3 nitrogen and oxygen atoms in total. The quantitative estimate of drug-likeness (QED) is 0.826. The SMILES string of the molecule is CCCn1cc(Br)cc1C(=O)N1CCCC(C)(C)C1. The van der Waals surface area contributed by atoms with Crippen molar-refractivity contribution in [3.05, 3.63) is 22.4 Å². The van der Waals surface area contributed by atoms with Crippen molar-refractivity contribution in [3.8, 4) is 0 Å². The summed E-state index contributed by atoms with van der Waals surface area (Å²) in [5.74, 6) is 0.173. The largest absolute Gasteiger partial charge is 0.342 e. The Morgan fingerprint density at radius 2 is 2.21 bits per heavy atom. The van der Waals surface area contributed by atoms with Gasteiger partial charge < -0.3 is 9.47 Å². The smallest absolute Gasteiger partial charge is 0.270 e. The number of likely N-dealkylation sites (tertiary alicyclic amines) is 1. The first-order chi connectivity index (χ1) is 8.93. The van der Waals surface area contributed by atoms with Crippen molar-refractivity contribution in [1.29, 1.82) is 0 Å². The van der Waals surface area contributed by atoms with Crippen molar-refractivity contribution in [1.82, 2.24) is 9.47 Å². The normalized spacial score (nSPS) is 18.6. The van der Waals surface area contributed by atoms with Crippen LogP contribution in [0, 0.1) is 5.41 Å². The van der Waals surface area contributed by atoms with Crippen LogP contribution in [-0.2, 0) is 6.54 Å². The van der Waals surface area contributed by atoms with E-state index in [9.17, 15) is 4.79 Å². The molecule has 1 amide bonds. The number of aromatic nitrogens is 1. The fourth-order valence-corrected chi connectivity index (χ4v) is 3.30. The van der Waals surface area contributed by atoms with E-state index in [-0.39, 0.29) is 11.3 Å². The van der Waals surface area contributed by atoms with Gasteiger partial charge in [0.05, 0.1) is 0 Å². The average molecular weight is 327 g/mol. The molecule has 0 N–H and O–H groups in total. The number of aryl methyl sites for hydroxylation is 1. The Labute approximate surface area is 124 Å². The molecular formula is C15H23BrN2O. The van der Waals surface area contributed by atoms with Crippen molar-refractivity contribution in [2.75, 3.05) is 13.1 Å². The zero-order chi connectivity index (χ0) is 14.0. The zero-order valence-electron chi connectivity index (χ0n) is 12.1. The molecule has 0 unspecified atom stereocenters. The number of halogens is 1. The Balaban J connectivity index is 2.19. The number of carbonyl (C=O) groups is 1. The van der Waals surface area contributed by atoms with E-state index < -0.39 is 0 Å². The molecule has 0 aromatic carbocycles. The first kappa shape index (κ1) is 14.6. The minimum absolute atomic E-state index is 0.173. The molecule has 106 valence electrons. The van der Waals surface area contributed by atoms with Gasteiger partial charge in [0.15, 0.2) is 0 Å². The monoisotopic (exact) mass is 326 g/mol. The van der Waals surface area contributed by atoms with E-state index in [0.717, 1.165) is 42.6 Å². The first-order valence-electron chi connectivity index (χ1n) is 7.08. The number of rotatable bonds is 3. The van der Waals surface area contributed by atoms with E-state index in [1.807, 2.05) is 17.2 Å². The Morgan fingerprint density at radius 3 is 2.84 bits per heavy atom. The molecule has 19 heavy (non-hydrogen) atoms. The van der Waals surface area contributed by atoms with Gasteiger partial charge in [0.25, 0.3) is 5.91 Å². The summed E-state index contributed by atoms with van der Waals surface area (Å²) in [5, 5.41) is 0. The molecule has 0 atom stereocenters. The Kier molecular flexibility index (Phi) is 4.39. The van der Waals surface area contributed by atoms with Crippen molar-refractivity contribution >= 4 is 21.8 Å². The molecule has 1 aromatic heterocycles. The summed E-state index contributed by atoms with van der Waals surface area (Å²) in [6.45, 7) is 9.26. The summed E-state index contributed by atoms with van der Waals surface area (Å²) in [6, 6.07) is 1.94. The Morgan fingerprint density at radius 1 is 1.47 bits per heavy atom. The molecule has 1 aliphatic heterocycles. The second-order valence-corrected chi connectivity index (χ2v) is 7.15. The van der Waals surface area contributed by atoms with Gasteiger partial charge in [0.2, 0.25) is 0 Å². The molecule has 0 saturated carbocycles. The molecule has 1 saturated heterocycles. The predicted molar refractivity (Wildman–Crippen MR) is 81.3 cm³/mol. The van der Waals surface area contributed by atoms with Crippen LogP contribution in [-0.4, -0.2) is 28.5 Å². The molecule has 2 rings (SSSR count). The van der Waals surface area contributed by atoms with Crippen LogP contribution in [0.15, 0.2) is 16.7 Å². The van der Waals surface area contributed by atoms with Crippen molar-refractivity contribution in [2.24, 2.45) is 5.41 Å². The molecule has 0 spiro atoms. The third-order valence-electron chi connectivity index (χ3n) is 3.73. The third-order valence-corrected chi connectivity index (χ3v) is 4.17. The molecule has 0 bridgehead atoms. The Bertz CT molecular complexity index is 465. The van der Waals surface area contributed by atoms with Crippen molar-refractivity contribution in [2.45, 2.75) is 46.6 Å². The van der Waals surface area contributed by atoms with E-state index in [4.69, 9.17) is 0 Å². The van der Waals surface area contributed by atoms with Crippen molar-refractivity contribution in [3.63, 3.8) is 0 Å². The number of piperidine rings is 1. The lowest BCUT2D eigenvalue weighted by Gasteiger charge is -2.38. The summed E-state index contributed by atoms with van der Waals surface area (Å²) in [4.78, 5) is 14.7. The van der Waals surface area contributed by atoms with Gasteiger partial charge in [0, 0.05) is 30.3 Å². The van der Waals surface area contributed by atoms with Crippen LogP contribution in [0.2, 0.25) is 0 Å². The molecular weight excluding hydrogens is 304 g/mol. The molecule has 1 aromatic rings. The predicted octanol–water partition coefficient (Wildman–Crippen LogP) is 3.92. The van der Waals surface area contributed by atoms with Crippen LogP contribution in [0.3, 0.4) is 0 Å². The number of hydrogen-bond acceptors (Lipinski definition) is 1. The summed E-state index contributed by atoms with van der Waals surface area (Å²) < 4.78 is 3.05. The van der Waals surface area contributed by atoms with E-state index in [1.54, 1.807) is 0 Å². The lowest BCUT2D eigenvalue weighted by molar-refractivity contribution is 0.0572. The summed E-state index contributed by atoms with van der Waals surface area (Å²) in [5.41, 5.74) is 1.05. The maximum Gasteiger partial charge on any atom is 0.270 e. The molecule has 4 heteroatoms. The van der Waals surface area contributed by atoms with Gasteiger partial charge in [-0.15, -0.1) is 0 Å². The van der Waals surface area contributed by atoms with Gasteiger partial charge in [-0.25, -0.2) is 0 Å². The highest BCUT2D eigenvalue weighted by atomic mass is 79.9. The van der Waals surface area contributed by atoms with Gasteiger partial charge in [-0.3, -0.25) is 4.79 Å². The van der Waals surface area contributed by atoms with Crippen LogP contribution in [0.1, 0.15) is 50.5 Å². The first-order valence-corrected chi connectivity index (χ1v) is 7.87. The molecule has 0 aliphatic carbocycles. The highest BCUT2D eigenvalue weighted by Crippen LogP contribution is 2.29. The highest BCUT2D eigenvalue weighted by Gasteiger charge is 2.30. The van der Waals surface area contributed by atoms with E-state index >= 15 is 0 Å². The summed E-state index contributed by atoms with van der Waals surface area (Å²) in [7, 11) is 0. The van der Waals surface area contributed by atoms with Gasteiger partial charge in [-0.05, 0) is 46.7 Å². The summed E-state index contributed by atoms with van der Waals surface area (Å²) in [6.07, 6.45) is 5.35. The zero-order valence-corrected chi connectivity index (χ0v) is 13.7. The Hall–Kier alpha value is -0.770. The van der Waals surface area contributed by atoms with Gasteiger partial charge in [0.1, 0.15) is 5.69 Å². The second kappa shape index (κ2) is 5.70. The fraction of sp³-hybridized carbons (Fsp3) is 0.667. The minimum atomic E-state index is 0.173. The maximum absolute atomic E-state index is 12.7. The highest BCUT2D eigenvalue weighted by molar-refractivity contribution is 9.10. The van der Waals surface area contributed by atoms with Gasteiger partial charge in [-0.2, -0.15) is 0 Å². The van der Waals surface area contributed by atoms with Crippen LogP contribution in [0.25, 0.3) is 0 Å². The number of nitrogens with zero attached hydrogens (tertiary/aromatic N) is 2. The standard InChI is InChI=1S/C15H23BrN2O/c1-4-7-17-10-12(16)9-13(17)14(19)18-8-5-6-15(2,3)11-18/h9-10H,4-8,11H2,1-3H3. The van der Waals surface area contributed by atoms with Gasteiger partial charge in [-0.1, -0.05) is 20.8 Å². The van der Waals surface area contributed by atoms with Crippen molar-refractivity contribution < 1.29 is 4.79 Å². The molecule has 0 radical (unpaired) electrons. The van der Waals surface area contributed by atoms with Gasteiger partial charge >= 0.3 is 0 Å². The number of amides is 1. The van der Waals surface area contributed by atoms with Crippen LogP contribution < -0.4 is 0 Å². The number of hydrogen-bond donors (Lipinski definition) is 0. The third kappa shape index (κ3) is 3.41. The lowest BCUT2D eigenvalue weighted by atomic mass is 9.84. The second-order valence-electron chi connectivity index (χ2n) is 6.23. The van der Waals surface area contributed by atoms with Crippen LogP contribution in [0.4, 0.5) is 0 Å². The maximum atomic E-state index is 12.7. The summed E-state index contributed by atoms with van der Waals surface area (Å²) >= 11 is 3.48. The molecule has 2 heterocycles. The minimum Gasteiger partial charge on any atom is -0.342 e. The van der Waals surface area contributed by atoms with Crippen LogP contribution >= 0.6 is 15.9 Å². The number of carbonyl (C=O) groups excluding carboxylic acids is 1. The van der Waals surface area contributed by atoms with Crippen LogP contribution in [0.5, 0.6) is 0 Å². The lowest BCUT2D eigenvalue weighted by Crippen LogP contribution is -2.44. The van der Waals surface area contributed by atoms with E-state index in [2.05, 4.69) is 41.3 Å². The van der Waals surface area contributed by atoms with E-state index in [0.29, 0.717) is 0 Å². The fourth-order valence-electron chi connectivity index (χ4n) is 2.84. The molecule has 1 fully saturated rings.